The number of ether oxygens (including phenoxy) is 2. The van der Waals surface area contributed by atoms with E-state index >= 15 is 0 Å². The van der Waals surface area contributed by atoms with Gasteiger partial charge >= 0.3 is 25.7 Å². The van der Waals surface area contributed by atoms with Gasteiger partial charge in [0, 0.05) is 12.8 Å². The topological polar surface area (TPSA) is 172 Å². The number of aliphatic carboxylic acids is 1. The first kappa shape index (κ1) is 51.4. The molecule has 0 fully saturated rings. The molecule has 0 aliphatic carbocycles. The van der Waals surface area contributed by atoms with Crippen LogP contribution in [0, 0.1) is 0 Å². The van der Waals surface area contributed by atoms with Crippen LogP contribution in [0.1, 0.15) is 168 Å². The van der Waals surface area contributed by atoms with Crippen molar-refractivity contribution in [1.29, 1.82) is 0 Å². The van der Waals surface area contributed by atoms with Gasteiger partial charge in [-0.25, -0.2) is 4.57 Å². The van der Waals surface area contributed by atoms with Crippen LogP contribution in [0.4, 0.5) is 0 Å². The molecule has 0 saturated carbocycles. The highest BCUT2D eigenvalue weighted by Gasteiger charge is 2.28. The molecule has 0 aromatic rings. The van der Waals surface area contributed by atoms with Gasteiger partial charge in [-0.3, -0.25) is 23.4 Å². The first-order chi connectivity index (χ1) is 26.1. The molecule has 0 rings (SSSR count). The summed E-state index contributed by atoms with van der Waals surface area (Å²) in [6.07, 6.45) is 40.3. The van der Waals surface area contributed by atoms with Gasteiger partial charge in [-0.2, -0.15) is 0 Å². The second-order valence-electron chi connectivity index (χ2n) is 13.8. The van der Waals surface area contributed by atoms with Gasteiger partial charge in [-0.1, -0.05) is 133 Å². The summed E-state index contributed by atoms with van der Waals surface area (Å²) in [6, 6.07) is -1.53. The quantitative estimate of drug-likeness (QED) is 0.0179. The summed E-state index contributed by atoms with van der Waals surface area (Å²) in [4.78, 5) is 45.9. The Morgan fingerprint density at radius 3 is 1.59 bits per heavy atom. The summed E-state index contributed by atoms with van der Waals surface area (Å²) in [5, 5.41) is 8.87. The minimum Gasteiger partial charge on any atom is -0.480 e. The van der Waals surface area contributed by atoms with Crippen LogP contribution in [0.5, 0.6) is 0 Å². The van der Waals surface area contributed by atoms with Gasteiger partial charge in [0.25, 0.3) is 0 Å². The standard InChI is InChI=1S/C42H74NO10P/c1-3-5-7-9-11-13-15-17-19-21-23-25-27-29-31-33-40(44)50-35-38(36-51-54(48,49)52-37-39(43)42(46)47)53-41(45)34-32-30-28-26-24-22-20-18-16-14-12-10-8-6-4-2/h11,13-14,16-20,38-39H,3-10,12,15,21-37,43H2,1-2H3,(H,46,47)(H,48,49)/b13-11+,16-14+,19-17+,20-18+/t38-,39+/m1/s1. The summed E-state index contributed by atoms with van der Waals surface area (Å²) in [5.74, 6) is -2.42. The van der Waals surface area contributed by atoms with Crippen LogP contribution >= 0.6 is 7.82 Å². The maximum absolute atomic E-state index is 12.6. The van der Waals surface area contributed by atoms with Crippen molar-refractivity contribution < 1.29 is 47.5 Å². The van der Waals surface area contributed by atoms with Crippen LogP contribution in [-0.2, 0) is 37.5 Å². The normalized spacial score (nSPS) is 14.3. The van der Waals surface area contributed by atoms with E-state index in [9.17, 15) is 23.8 Å². The average Bonchev–Trinajstić information content (AvgIpc) is 3.14. The second kappa shape index (κ2) is 37.4. The largest absolute Gasteiger partial charge is 0.480 e. The predicted molar refractivity (Wildman–Crippen MR) is 217 cm³/mol. The van der Waals surface area contributed by atoms with Gasteiger partial charge in [0.1, 0.15) is 12.6 Å². The van der Waals surface area contributed by atoms with E-state index in [1.165, 1.54) is 44.9 Å². The molecule has 0 aliphatic rings. The molecule has 0 saturated heterocycles. The van der Waals surface area contributed by atoms with Gasteiger partial charge in [0.2, 0.25) is 0 Å². The van der Waals surface area contributed by atoms with Crippen LogP contribution in [0.2, 0.25) is 0 Å². The SMILES string of the molecule is CCCCC/C=C/C/C=C/CCCCCCCC(=O)OC[C@H](COP(=O)(O)OC[C@H](N)C(=O)O)OC(=O)CCCCCCC/C=C/C=C/CCCCCC. The third kappa shape index (κ3) is 36.4. The van der Waals surface area contributed by atoms with Crippen molar-refractivity contribution in [2.45, 2.75) is 180 Å². The van der Waals surface area contributed by atoms with E-state index < -0.39 is 51.1 Å². The van der Waals surface area contributed by atoms with Crippen LogP contribution in [-0.4, -0.2) is 59.9 Å². The molecule has 0 aromatic carbocycles. The van der Waals surface area contributed by atoms with Gasteiger partial charge < -0.3 is 25.2 Å². The number of carboxylic acid groups (broad SMARTS) is 1. The van der Waals surface area contributed by atoms with E-state index in [0.717, 1.165) is 83.5 Å². The third-order valence-corrected chi connectivity index (χ3v) is 9.53. The predicted octanol–water partition coefficient (Wildman–Crippen LogP) is 10.6. The summed E-state index contributed by atoms with van der Waals surface area (Å²) >= 11 is 0. The number of nitrogens with two attached hydrogens (primary N) is 1. The lowest BCUT2D eigenvalue weighted by Gasteiger charge is -2.20. The Hall–Kier alpha value is -2.56. The number of hydrogen-bond acceptors (Lipinski definition) is 9. The Kier molecular flexibility index (Phi) is 35.6. The molecule has 0 radical (unpaired) electrons. The lowest BCUT2D eigenvalue weighted by molar-refractivity contribution is -0.161. The lowest BCUT2D eigenvalue weighted by Crippen LogP contribution is -2.34. The molecule has 0 bridgehead atoms. The van der Waals surface area contributed by atoms with Crippen LogP contribution in [0.3, 0.4) is 0 Å². The highest BCUT2D eigenvalue weighted by molar-refractivity contribution is 7.47. The summed E-state index contributed by atoms with van der Waals surface area (Å²) < 4.78 is 32.6. The maximum Gasteiger partial charge on any atom is 0.472 e. The zero-order chi connectivity index (χ0) is 40.0. The van der Waals surface area contributed by atoms with Gasteiger partial charge in [-0.05, 0) is 70.6 Å². The van der Waals surface area contributed by atoms with Crippen molar-refractivity contribution in [3.8, 4) is 0 Å². The molecular formula is C42H74NO10P. The third-order valence-electron chi connectivity index (χ3n) is 8.58. The van der Waals surface area contributed by atoms with Crippen LogP contribution < -0.4 is 5.73 Å². The van der Waals surface area contributed by atoms with Gasteiger partial charge in [-0.15, -0.1) is 0 Å². The van der Waals surface area contributed by atoms with Crippen LogP contribution in [0.15, 0.2) is 48.6 Å². The summed E-state index contributed by atoms with van der Waals surface area (Å²) in [6.45, 7) is 2.71. The molecule has 12 heteroatoms. The molecule has 11 nitrogen and oxygen atoms in total. The molecule has 54 heavy (non-hydrogen) atoms. The first-order valence-electron chi connectivity index (χ1n) is 20.7. The molecule has 0 amide bonds. The van der Waals surface area contributed by atoms with E-state index in [4.69, 9.17) is 24.8 Å². The van der Waals surface area contributed by atoms with E-state index in [2.05, 4.69) is 67.0 Å². The zero-order valence-electron chi connectivity index (χ0n) is 33.6. The Labute approximate surface area is 326 Å². The van der Waals surface area contributed by atoms with E-state index in [1.807, 2.05) is 0 Å². The van der Waals surface area contributed by atoms with Gasteiger partial charge in [0.15, 0.2) is 6.10 Å². The van der Waals surface area contributed by atoms with Crippen molar-refractivity contribution in [2.24, 2.45) is 5.73 Å². The number of carbonyl (C=O) groups excluding carboxylic acids is 2. The second-order valence-corrected chi connectivity index (χ2v) is 15.2. The number of rotatable bonds is 38. The van der Waals surface area contributed by atoms with Crippen molar-refractivity contribution in [3.63, 3.8) is 0 Å². The number of phosphoric ester groups is 1. The highest BCUT2D eigenvalue weighted by atomic mass is 31.2. The van der Waals surface area contributed by atoms with Crippen molar-refractivity contribution >= 4 is 25.7 Å². The number of phosphoric acid groups is 1. The molecule has 0 aliphatic heterocycles. The molecule has 3 atom stereocenters. The van der Waals surface area contributed by atoms with Crippen molar-refractivity contribution in [2.75, 3.05) is 19.8 Å². The lowest BCUT2D eigenvalue weighted by atomic mass is 10.1. The number of unbranched alkanes of at least 4 members (excludes halogenated alkanes) is 17. The number of allylic oxidation sites excluding steroid dienone is 8. The fourth-order valence-electron chi connectivity index (χ4n) is 5.26. The molecule has 1 unspecified atom stereocenters. The molecule has 0 heterocycles. The minimum absolute atomic E-state index is 0.139. The summed E-state index contributed by atoms with van der Waals surface area (Å²) in [5.41, 5.74) is 5.32. The minimum atomic E-state index is -4.72. The Morgan fingerprint density at radius 2 is 1.04 bits per heavy atom. The molecule has 312 valence electrons. The Morgan fingerprint density at radius 1 is 0.593 bits per heavy atom. The number of hydrogen-bond donors (Lipinski definition) is 3. The van der Waals surface area contributed by atoms with Crippen molar-refractivity contribution in [3.05, 3.63) is 48.6 Å². The monoisotopic (exact) mass is 784 g/mol. The van der Waals surface area contributed by atoms with Crippen LogP contribution in [0.25, 0.3) is 0 Å². The smallest absolute Gasteiger partial charge is 0.472 e. The zero-order valence-corrected chi connectivity index (χ0v) is 34.4. The van der Waals surface area contributed by atoms with E-state index in [-0.39, 0.29) is 19.4 Å². The average molecular weight is 784 g/mol. The number of carboxylic acids is 1. The fourth-order valence-corrected chi connectivity index (χ4v) is 6.04. The number of carbonyl (C=O) groups is 3. The molecule has 0 spiro atoms. The number of esters is 2. The summed E-state index contributed by atoms with van der Waals surface area (Å²) in [7, 11) is -4.72. The van der Waals surface area contributed by atoms with Crippen molar-refractivity contribution in [1.82, 2.24) is 0 Å². The van der Waals surface area contributed by atoms with Gasteiger partial charge in [0.05, 0.1) is 13.2 Å². The Balaban J connectivity index is 4.46. The molecular weight excluding hydrogens is 709 g/mol. The first-order valence-corrected chi connectivity index (χ1v) is 22.2. The van der Waals surface area contributed by atoms with E-state index in [1.54, 1.807) is 0 Å². The van der Waals surface area contributed by atoms with E-state index in [0.29, 0.717) is 12.8 Å². The highest BCUT2D eigenvalue weighted by Crippen LogP contribution is 2.43. The Bertz CT molecular complexity index is 1110. The fraction of sp³-hybridized carbons (Fsp3) is 0.738. The maximum atomic E-state index is 12.6. The molecule has 0 aromatic heterocycles. The molecule has 4 N–H and O–H groups in total.